The van der Waals surface area contributed by atoms with Crippen LogP contribution in [0, 0.1) is 5.82 Å². The van der Waals surface area contributed by atoms with Crippen LogP contribution in [0.15, 0.2) is 47.4 Å². The van der Waals surface area contributed by atoms with Gasteiger partial charge in [0.05, 0.1) is 19.2 Å². The summed E-state index contributed by atoms with van der Waals surface area (Å²) in [6.07, 6.45) is 2.25. The van der Waals surface area contributed by atoms with Crippen molar-refractivity contribution < 1.29 is 18.6 Å². The maximum atomic E-state index is 13.2. The second kappa shape index (κ2) is 11.1. The number of unbranched alkanes of at least 4 members (excludes halogenated alkanes) is 1. The fourth-order valence-corrected chi connectivity index (χ4v) is 5.88. The Balaban J connectivity index is 1.25. The molecule has 2 aromatic carbocycles. The van der Waals surface area contributed by atoms with E-state index < -0.39 is 5.79 Å². The zero-order chi connectivity index (χ0) is 23.3. The van der Waals surface area contributed by atoms with E-state index in [-0.39, 0.29) is 5.82 Å². The third kappa shape index (κ3) is 5.46. The largest absolute Gasteiger partial charge is 0.496 e. The van der Waals surface area contributed by atoms with Gasteiger partial charge in [-0.1, -0.05) is 6.07 Å². The summed E-state index contributed by atoms with van der Waals surface area (Å²) in [6, 6.07) is 12.9. The van der Waals surface area contributed by atoms with Crippen LogP contribution in [0.25, 0.3) is 0 Å². The Morgan fingerprint density at radius 3 is 2.27 bits per heavy atom. The third-order valence-corrected chi connectivity index (χ3v) is 7.66. The summed E-state index contributed by atoms with van der Waals surface area (Å²) in [5.74, 6) is -0.215. The topological polar surface area (TPSA) is 37.4 Å². The average Bonchev–Trinajstić information content (AvgIpc) is 2.86. The number of fused-ring (bicyclic) bond motifs is 1. The minimum atomic E-state index is -0.829. The summed E-state index contributed by atoms with van der Waals surface area (Å²) in [6.45, 7) is 6.76. The van der Waals surface area contributed by atoms with E-state index >= 15 is 0 Å². The van der Waals surface area contributed by atoms with Gasteiger partial charge in [0.1, 0.15) is 11.6 Å². The number of benzene rings is 2. The lowest BCUT2D eigenvalue weighted by atomic mass is 10.0. The van der Waals surface area contributed by atoms with E-state index in [1.54, 1.807) is 33.3 Å². The summed E-state index contributed by atoms with van der Waals surface area (Å²) in [4.78, 5) is 5.97. The second-order valence-electron chi connectivity index (χ2n) is 8.46. The highest BCUT2D eigenvalue weighted by atomic mass is 32.2. The molecular weight excluding hydrogens is 441 g/mol. The van der Waals surface area contributed by atoms with Crippen LogP contribution in [0.4, 0.5) is 10.1 Å². The van der Waals surface area contributed by atoms with Crippen LogP contribution < -0.4 is 9.64 Å². The van der Waals surface area contributed by atoms with E-state index in [1.807, 2.05) is 24.3 Å². The monoisotopic (exact) mass is 475 g/mol. The molecule has 4 rings (SSSR count). The van der Waals surface area contributed by atoms with E-state index in [9.17, 15) is 4.39 Å². The number of nitrogens with zero attached hydrogens (tertiary/aromatic N) is 3. The van der Waals surface area contributed by atoms with Gasteiger partial charge in [0, 0.05) is 57.5 Å². The van der Waals surface area contributed by atoms with Crippen molar-refractivity contribution in [3.8, 4) is 5.75 Å². The van der Waals surface area contributed by atoms with Gasteiger partial charge in [-0.25, -0.2) is 8.70 Å². The Morgan fingerprint density at radius 1 is 0.909 bits per heavy atom. The van der Waals surface area contributed by atoms with Crippen molar-refractivity contribution in [3.05, 3.63) is 53.8 Å². The Labute approximate surface area is 200 Å². The van der Waals surface area contributed by atoms with E-state index in [1.165, 1.54) is 12.1 Å². The van der Waals surface area contributed by atoms with Crippen molar-refractivity contribution in [2.75, 3.05) is 72.0 Å². The molecule has 0 bridgehead atoms. The second-order valence-corrected chi connectivity index (χ2v) is 9.60. The lowest BCUT2D eigenvalue weighted by molar-refractivity contribution is -0.223. The normalized spacial score (nSPS) is 18.8. The van der Waals surface area contributed by atoms with Crippen LogP contribution in [0.5, 0.6) is 5.75 Å². The summed E-state index contributed by atoms with van der Waals surface area (Å²) >= 11 is 1.75. The first-order valence-corrected chi connectivity index (χ1v) is 12.3. The fourth-order valence-electron chi connectivity index (χ4n) is 4.66. The summed E-state index contributed by atoms with van der Waals surface area (Å²) < 4.78 is 32.9. The van der Waals surface area contributed by atoms with E-state index in [0.29, 0.717) is 6.54 Å². The van der Waals surface area contributed by atoms with Crippen molar-refractivity contribution in [1.29, 1.82) is 0 Å². The van der Waals surface area contributed by atoms with Crippen LogP contribution in [-0.2, 0) is 15.3 Å². The number of rotatable bonds is 9. The first-order valence-electron chi connectivity index (χ1n) is 11.5. The van der Waals surface area contributed by atoms with E-state index in [0.717, 1.165) is 74.0 Å². The number of piperazine rings is 1. The molecule has 0 aromatic heterocycles. The molecule has 2 aliphatic rings. The molecule has 2 aromatic rings. The predicted octanol–water partition coefficient (Wildman–Crippen LogP) is 4.21. The van der Waals surface area contributed by atoms with Gasteiger partial charge in [0.15, 0.2) is 0 Å². The Morgan fingerprint density at radius 2 is 1.61 bits per heavy atom. The number of ether oxygens (including phenoxy) is 3. The summed E-state index contributed by atoms with van der Waals surface area (Å²) in [5, 5.41) is 0. The van der Waals surface area contributed by atoms with Gasteiger partial charge in [0.2, 0.25) is 5.79 Å². The summed E-state index contributed by atoms with van der Waals surface area (Å²) in [5.41, 5.74) is 2.08. The molecule has 1 saturated heterocycles. The van der Waals surface area contributed by atoms with Gasteiger partial charge >= 0.3 is 0 Å². The summed E-state index contributed by atoms with van der Waals surface area (Å²) in [7, 11) is 5.07. The van der Waals surface area contributed by atoms with Crippen molar-refractivity contribution >= 4 is 17.6 Å². The quantitative estimate of drug-likeness (QED) is 0.306. The van der Waals surface area contributed by atoms with Crippen molar-refractivity contribution in [2.45, 2.75) is 23.5 Å². The van der Waals surface area contributed by atoms with Gasteiger partial charge in [-0.2, -0.15) is 0 Å². The standard InChI is InChI=1S/C25H34FN3O3S/c1-30-22-7-6-8-23-24(22)25(31-2,32-3)19-29(33-23)14-5-4-13-27-15-17-28(18-16-27)21-11-9-20(26)10-12-21/h6-12H,4-5,13-19H2,1-3H3. The molecule has 0 amide bonds. The van der Waals surface area contributed by atoms with Gasteiger partial charge in [-0.15, -0.1) is 0 Å². The molecular formula is C25H34FN3O3S. The molecule has 0 N–H and O–H groups in total. The lowest BCUT2D eigenvalue weighted by Gasteiger charge is -2.41. The molecule has 0 unspecified atom stereocenters. The number of halogens is 1. The molecule has 0 radical (unpaired) electrons. The highest BCUT2D eigenvalue weighted by molar-refractivity contribution is 7.97. The van der Waals surface area contributed by atoms with Gasteiger partial charge in [-0.05, 0) is 67.7 Å². The molecule has 1 fully saturated rings. The molecule has 2 aliphatic heterocycles. The molecule has 0 atom stereocenters. The van der Waals surface area contributed by atoms with Gasteiger partial charge in [0.25, 0.3) is 0 Å². The first kappa shape index (κ1) is 24.3. The minimum absolute atomic E-state index is 0.180. The molecule has 0 spiro atoms. The maximum Gasteiger partial charge on any atom is 0.213 e. The van der Waals surface area contributed by atoms with Crippen LogP contribution in [-0.4, -0.2) is 76.3 Å². The molecule has 2 heterocycles. The minimum Gasteiger partial charge on any atom is -0.496 e. The van der Waals surface area contributed by atoms with Crippen LogP contribution in [0.3, 0.4) is 0 Å². The van der Waals surface area contributed by atoms with Crippen molar-refractivity contribution in [3.63, 3.8) is 0 Å². The SMILES string of the molecule is COc1cccc2c1C(OC)(OC)CN(CCCCN1CCN(c3ccc(F)cc3)CC1)S2. The Hall–Kier alpha value is -1.84. The van der Waals surface area contributed by atoms with E-state index in [2.05, 4.69) is 20.2 Å². The third-order valence-electron chi connectivity index (χ3n) is 6.56. The fraction of sp³-hybridized carbons (Fsp3) is 0.520. The van der Waals surface area contributed by atoms with Crippen LogP contribution >= 0.6 is 11.9 Å². The molecule has 0 aliphatic carbocycles. The highest BCUT2D eigenvalue weighted by Gasteiger charge is 2.43. The Kier molecular flexibility index (Phi) is 8.14. The van der Waals surface area contributed by atoms with Crippen LogP contribution in [0.2, 0.25) is 0 Å². The zero-order valence-corrected chi connectivity index (χ0v) is 20.6. The molecule has 6 nitrogen and oxygen atoms in total. The number of methoxy groups -OCH3 is 3. The van der Waals surface area contributed by atoms with Crippen molar-refractivity contribution in [1.82, 2.24) is 9.21 Å². The maximum absolute atomic E-state index is 13.2. The van der Waals surface area contributed by atoms with Crippen molar-refractivity contribution in [2.24, 2.45) is 0 Å². The predicted molar refractivity (Wildman–Crippen MR) is 130 cm³/mol. The highest BCUT2D eigenvalue weighted by Crippen LogP contribution is 2.46. The lowest BCUT2D eigenvalue weighted by Crippen LogP contribution is -2.47. The molecule has 33 heavy (non-hydrogen) atoms. The number of anilines is 1. The zero-order valence-electron chi connectivity index (χ0n) is 19.8. The van der Waals surface area contributed by atoms with Crippen LogP contribution in [0.1, 0.15) is 18.4 Å². The number of hydrogen-bond donors (Lipinski definition) is 0. The van der Waals surface area contributed by atoms with E-state index in [4.69, 9.17) is 14.2 Å². The molecule has 180 valence electrons. The van der Waals surface area contributed by atoms with Gasteiger partial charge in [-0.3, -0.25) is 4.90 Å². The van der Waals surface area contributed by atoms with Gasteiger partial charge < -0.3 is 19.1 Å². The average molecular weight is 476 g/mol. The molecule has 0 saturated carbocycles. The molecule has 8 heteroatoms. The first-order chi connectivity index (χ1) is 16.1. The number of hydrogen-bond acceptors (Lipinski definition) is 7. The smallest absolute Gasteiger partial charge is 0.213 e. The Bertz CT molecular complexity index is 902.